The van der Waals surface area contributed by atoms with Crippen molar-refractivity contribution in [1.29, 1.82) is 0 Å². The van der Waals surface area contributed by atoms with Gasteiger partial charge in [-0.15, -0.1) is 0 Å². The van der Waals surface area contributed by atoms with Crippen LogP contribution in [0.3, 0.4) is 0 Å². The van der Waals surface area contributed by atoms with Gasteiger partial charge in [0.25, 0.3) is 11.8 Å². The first-order valence-electron chi connectivity index (χ1n) is 21.2. The molecule has 0 aliphatic carbocycles. The maximum Gasteiger partial charge on any atom is 0.407 e. The number of carbonyl (C=O) groups is 4. The summed E-state index contributed by atoms with van der Waals surface area (Å²) in [5.41, 5.74) is 6.90. The molecule has 2 aliphatic rings. The summed E-state index contributed by atoms with van der Waals surface area (Å²) >= 11 is 0. The van der Waals surface area contributed by atoms with Gasteiger partial charge in [0, 0.05) is 35.8 Å². The lowest BCUT2D eigenvalue weighted by Crippen LogP contribution is -2.42. The number of nitrogens with zero attached hydrogens (tertiary/aromatic N) is 6. The largest absolute Gasteiger partial charge is 0.453 e. The molecule has 16 heteroatoms. The van der Waals surface area contributed by atoms with Gasteiger partial charge in [-0.25, -0.2) is 24.5 Å². The van der Waals surface area contributed by atoms with Crippen molar-refractivity contribution in [3.05, 3.63) is 144 Å². The highest BCUT2D eigenvalue weighted by Gasteiger charge is 2.38. The number of benzene rings is 3. The molecule has 16 nitrogen and oxygen atoms in total. The van der Waals surface area contributed by atoms with Gasteiger partial charge < -0.3 is 39.9 Å². The number of aromatic nitrogens is 6. The Bertz CT molecular complexity index is 2790. The second kappa shape index (κ2) is 18.2. The number of methoxy groups -OCH3 is 2. The van der Waals surface area contributed by atoms with Crippen molar-refractivity contribution in [2.24, 2.45) is 0 Å². The molecule has 4 N–H and O–H groups in total. The van der Waals surface area contributed by atoms with Crippen LogP contribution in [0.4, 0.5) is 9.59 Å². The van der Waals surface area contributed by atoms with Gasteiger partial charge in [-0.3, -0.25) is 14.6 Å². The summed E-state index contributed by atoms with van der Waals surface area (Å²) in [4.78, 5) is 81.8. The molecule has 2 fully saturated rings. The van der Waals surface area contributed by atoms with Gasteiger partial charge in [-0.2, -0.15) is 0 Å². The molecule has 324 valence electrons. The van der Waals surface area contributed by atoms with Crippen LogP contribution in [0.1, 0.15) is 72.6 Å². The molecule has 9 rings (SSSR count). The van der Waals surface area contributed by atoms with Crippen LogP contribution >= 0.6 is 0 Å². The molecule has 0 radical (unpaired) electrons. The van der Waals surface area contributed by atoms with Crippen LogP contribution in [-0.4, -0.2) is 91.0 Å². The summed E-state index contributed by atoms with van der Waals surface area (Å²) in [5.74, 6) is 0.868. The molecule has 0 saturated carbocycles. The van der Waals surface area contributed by atoms with E-state index >= 15 is 0 Å². The fourth-order valence-corrected chi connectivity index (χ4v) is 8.63. The first kappa shape index (κ1) is 41.5. The lowest BCUT2D eigenvalue weighted by molar-refractivity contribution is -0.135. The molecule has 4 unspecified atom stereocenters. The molecule has 7 aromatic rings. The van der Waals surface area contributed by atoms with E-state index in [2.05, 4.69) is 31.7 Å². The van der Waals surface area contributed by atoms with Gasteiger partial charge >= 0.3 is 12.2 Å². The summed E-state index contributed by atoms with van der Waals surface area (Å²) in [7, 11) is 2.55. The molecule has 4 aromatic heterocycles. The van der Waals surface area contributed by atoms with Crippen molar-refractivity contribution in [1.82, 2.24) is 50.3 Å². The number of aromatic amines is 2. The summed E-state index contributed by atoms with van der Waals surface area (Å²) in [5, 5.41) is 6.36. The quantitative estimate of drug-likeness (QED) is 0.100. The molecule has 64 heavy (non-hydrogen) atoms. The monoisotopic (exact) mass is 858 g/mol. The van der Waals surface area contributed by atoms with Gasteiger partial charge in [0.1, 0.15) is 23.7 Å². The summed E-state index contributed by atoms with van der Waals surface area (Å²) in [6.45, 7) is 1.07. The minimum Gasteiger partial charge on any atom is -0.453 e. The normalized spacial score (nSPS) is 16.9. The Morgan fingerprint density at radius 2 is 1.14 bits per heavy atom. The third kappa shape index (κ3) is 8.49. The maximum absolute atomic E-state index is 13.9. The van der Waals surface area contributed by atoms with E-state index in [1.54, 1.807) is 40.5 Å². The van der Waals surface area contributed by atoms with Crippen LogP contribution in [0, 0.1) is 0 Å². The Hall–Kier alpha value is -7.88. The number of fused-ring (bicyclic) bond motifs is 1. The number of nitrogens with one attached hydrogen (secondary N) is 4. The predicted molar refractivity (Wildman–Crippen MR) is 237 cm³/mol. The van der Waals surface area contributed by atoms with Crippen LogP contribution in [-0.2, 0) is 19.1 Å². The first-order valence-corrected chi connectivity index (χ1v) is 21.2. The third-order valence-corrected chi connectivity index (χ3v) is 11.9. The van der Waals surface area contributed by atoms with E-state index in [9.17, 15) is 19.2 Å². The Kier molecular flexibility index (Phi) is 11.8. The SMILES string of the molecule is COC(=O)NC(C(=O)N1CCCC1c1ncc(-c2ccc3nc(-c4ccc(-c5cnc(C6CCCN6C(=O)C(NC(=O)OC)c6ccccc6)[nH]5)nc4)ccc3c2)[nH]1)c1ccccc1. The molecule has 3 aromatic carbocycles. The van der Waals surface area contributed by atoms with Crippen LogP contribution in [0.25, 0.3) is 44.8 Å². The standard InChI is InChI=1S/C48H46N10O6/c1-63-47(61)55-41(29-11-5-3-6-12-29)45(59)57-23-9-15-39(57)43-50-27-37(53-43)32-18-20-34-31(25-32)17-21-35(52-34)33-19-22-36(49-26-33)38-28-51-44(54-38)40-16-10-24-58(40)46(60)42(56-48(62)64-2)30-13-7-4-8-14-30/h3-8,11-14,17-22,25-28,39-42H,9-10,15-16,23-24H2,1-2H3,(H,50,53)(H,51,54)(H,55,61)(H,56,62). The molecule has 4 amide bonds. The molecular formula is C48H46N10O6. The predicted octanol–water partition coefficient (Wildman–Crippen LogP) is 7.60. The van der Waals surface area contributed by atoms with Gasteiger partial charge in [0.2, 0.25) is 0 Å². The van der Waals surface area contributed by atoms with Crippen molar-refractivity contribution in [2.45, 2.75) is 49.9 Å². The minimum absolute atomic E-state index is 0.225. The highest BCUT2D eigenvalue weighted by molar-refractivity contribution is 5.89. The molecule has 0 spiro atoms. The number of imidazole rings is 2. The number of alkyl carbamates (subject to hydrolysis) is 2. The Morgan fingerprint density at radius 1 is 0.609 bits per heavy atom. The van der Waals surface area contributed by atoms with E-state index < -0.39 is 24.3 Å². The summed E-state index contributed by atoms with van der Waals surface area (Å²) in [6, 6.07) is 29.8. The smallest absolute Gasteiger partial charge is 0.407 e. The van der Waals surface area contributed by atoms with Gasteiger partial charge in [-0.05, 0) is 67.1 Å². The lowest BCUT2D eigenvalue weighted by Gasteiger charge is -2.28. The highest BCUT2D eigenvalue weighted by Crippen LogP contribution is 2.36. The zero-order valence-corrected chi connectivity index (χ0v) is 35.2. The van der Waals surface area contributed by atoms with E-state index in [0.29, 0.717) is 47.3 Å². The second-order valence-corrected chi connectivity index (χ2v) is 15.7. The van der Waals surface area contributed by atoms with Crippen molar-refractivity contribution in [3.8, 4) is 33.9 Å². The first-order chi connectivity index (χ1) is 31.3. The van der Waals surface area contributed by atoms with E-state index in [1.165, 1.54) is 14.2 Å². The molecular weight excluding hydrogens is 813 g/mol. The number of H-pyrrole nitrogens is 2. The van der Waals surface area contributed by atoms with Gasteiger partial charge in [0.05, 0.1) is 67.0 Å². The topological polar surface area (TPSA) is 200 Å². The fraction of sp³-hybridized carbons (Fsp3) is 0.250. The number of amides is 4. The number of ether oxygens (including phenoxy) is 2. The second-order valence-electron chi connectivity index (χ2n) is 15.7. The average Bonchev–Trinajstić information content (AvgIpc) is 4.20. The Labute approximate surface area is 368 Å². The Balaban J connectivity index is 0.875. The number of carbonyl (C=O) groups excluding carboxylic acids is 4. The fourth-order valence-electron chi connectivity index (χ4n) is 8.63. The lowest BCUT2D eigenvalue weighted by atomic mass is 10.0. The Morgan fingerprint density at radius 3 is 1.69 bits per heavy atom. The number of pyridine rings is 2. The zero-order chi connectivity index (χ0) is 44.2. The van der Waals surface area contributed by atoms with Gasteiger partial charge in [0.15, 0.2) is 0 Å². The number of hydrogen-bond acceptors (Lipinski definition) is 10. The summed E-state index contributed by atoms with van der Waals surface area (Å²) < 4.78 is 9.66. The third-order valence-electron chi connectivity index (χ3n) is 11.9. The van der Waals surface area contributed by atoms with Crippen LogP contribution < -0.4 is 10.6 Å². The maximum atomic E-state index is 13.9. The van der Waals surface area contributed by atoms with Crippen molar-refractivity contribution < 1.29 is 28.7 Å². The molecule has 6 heterocycles. The van der Waals surface area contributed by atoms with Crippen LogP contribution in [0.5, 0.6) is 0 Å². The van der Waals surface area contributed by atoms with Crippen molar-refractivity contribution >= 4 is 34.9 Å². The average molecular weight is 859 g/mol. The highest BCUT2D eigenvalue weighted by atomic mass is 16.5. The number of rotatable bonds is 11. The van der Waals surface area contributed by atoms with Gasteiger partial charge in [-0.1, -0.05) is 72.8 Å². The van der Waals surface area contributed by atoms with E-state index in [0.717, 1.165) is 59.1 Å². The number of hydrogen-bond donors (Lipinski definition) is 4. The van der Waals surface area contributed by atoms with E-state index in [4.69, 9.17) is 24.4 Å². The van der Waals surface area contributed by atoms with Crippen molar-refractivity contribution in [3.63, 3.8) is 0 Å². The number of likely N-dealkylation sites (tertiary alicyclic amines) is 2. The molecule has 0 bridgehead atoms. The van der Waals surface area contributed by atoms with Crippen molar-refractivity contribution in [2.75, 3.05) is 27.3 Å². The molecule has 4 atom stereocenters. The molecule has 2 saturated heterocycles. The zero-order valence-electron chi connectivity index (χ0n) is 35.2. The van der Waals surface area contributed by atoms with E-state index in [1.807, 2.05) is 84.9 Å². The van der Waals surface area contributed by atoms with E-state index in [-0.39, 0.29) is 23.9 Å². The van der Waals surface area contributed by atoms with Crippen LogP contribution in [0.15, 0.2) is 122 Å². The summed E-state index contributed by atoms with van der Waals surface area (Å²) in [6.07, 6.45) is 6.98. The minimum atomic E-state index is -0.902. The molecule has 2 aliphatic heterocycles. The van der Waals surface area contributed by atoms with Crippen LogP contribution in [0.2, 0.25) is 0 Å².